The maximum Gasteiger partial charge on any atom is 0.119 e. The molecule has 1 fully saturated rings. The van der Waals surface area contributed by atoms with Crippen molar-refractivity contribution in [3.05, 3.63) is 30.3 Å². The first-order chi connectivity index (χ1) is 8.34. The highest BCUT2D eigenvalue weighted by atomic mass is 35.5. The van der Waals surface area contributed by atoms with Crippen molar-refractivity contribution in [2.24, 2.45) is 5.92 Å². The highest BCUT2D eigenvalue weighted by Gasteiger charge is 2.21. The fourth-order valence-corrected chi connectivity index (χ4v) is 2.64. The van der Waals surface area contributed by atoms with Gasteiger partial charge in [-0.3, -0.25) is 0 Å². The van der Waals surface area contributed by atoms with Crippen LogP contribution in [0.3, 0.4) is 0 Å². The number of para-hydroxylation sites is 1. The van der Waals surface area contributed by atoms with Crippen LogP contribution in [0, 0.1) is 5.92 Å². The summed E-state index contributed by atoms with van der Waals surface area (Å²) in [4.78, 5) is 0. The van der Waals surface area contributed by atoms with Crippen LogP contribution in [0.2, 0.25) is 0 Å². The third-order valence-electron chi connectivity index (χ3n) is 3.20. The third-order valence-corrected chi connectivity index (χ3v) is 3.60. The first kappa shape index (κ1) is 12.7. The average molecular weight is 254 g/mol. The summed E-state index contributed by atoms with van der Waals surface area (Å²) in [5, 5.41) is 3.84. The Morgan fingerprint density at radius 3 is 2.76 bits per heavy atom. The van der Waals surface area contributed by atoms with Gasteiger partial charge in [-0.05, 0) is 43.9 Å². The molecule has 17 heavy (non-hydrogen) atoms. The second-order valence-electron chi connectivity index (χ2n) is 4.64. The summed E-state index contributed by atoms with van der Waals surface area (Å²) in [5.41, 5.74) is 0. The van der Waals surface area contributed by atoms with Crippen LogP contribution < -0.4 is 10.1 Å². The van der Waals surface area contributed by atoms with E-state index in [1.165, 1.54) is 12.8 Å². The summed E-state index contributed by atoms with van der Waals surface area (Å²) < 4.78 is 5.60. The molecule has 1 aliphatic rings. The quantitative estimate of drug-likeness (QED) is 0.622. The highest BCUT2D eigenvalue weighted by Crippen LogP contribution is 2.28. The standard InChI is InChI=1S/C14H20ClNO/c15-13-7-6-12(10-13)11-16-8-9-17-14-4-2-1-3-5-14/h1-5,12-13,16H,6-11H2. The van der Waals surface area contributed by atoms with E-state index in [4.69, 9.17) is 16.3 Å². The molecule has 2 unspecified atom stereocenters. The van der Waals surface area contributed by atoms with Crippen molar-refractivity contribution in [2.75, 3.05) is 19.7 Å². The van der Waals surface area contributed by atoms with Crippen molar-refractivity contribution >= 4 is 11.6 Å². The van der Waals surface area contributed by atoms with Crippen molar-refractivity contribution in [3.63, 3.8) is 0 Å². The van der Waals surface area contributed by atoms with Gasteiger partial charge in [0.2, 0.25) is 0 Å². The SMILES string of the molecule is ClC1CCC(CNCCOc2ccccc2)C1. The summed E-state index contributed by atoms with van der Waals surface area (Å²) in [5.74, 6) is 1.70. The molecule has 1 aliphatic carbocycles. The minimum Gasteiger partial charge on any atom is -0.492 e. The fraction of sp³-hybridized carbons (Fsp3) is 0.571. The molecule has 0 heterocycles. The van der Waals surface area contributed by atoms with Gasteiger partial charge in [0, 0.05) is 11.9 Å². The molecule has 1 N–H and O–H groups in total. The zero-order valence-corrected chi connectivity index (χ0v) is 10.8. The molecule has 0 amide bonds. The van der Waals surface area contributed by atoms with Crippen LogP contribution in [0.15, 0.2) is 30.3 Å². The molecule has 0 aromatic heterocycles. The zero-order valence-electron chi connectivity index (χ0n) is 10.1. The Balaban J connectivity index is 1.52. The molecular weight excluding hydrogens is 234 g/mol. The lowest BCUT2D eigenvalue weighted by atomic mass is 10.1. The van der Waals surface area contributed by atoms with Gasteiger partial charge in [-0.1, -0.05) is 18.2 Å². The van der Waals surface area contributed by atoms with E-state index >= 15 is 0 Å². The maximum absolute atomic E-state index is 6.07. The van der Waals surface area contributed by atoms with E-state index in [2.05, 4.69) is 5.32 Å². The van der Waals surface area contributed by atoms with Gasteiger partial charge in [-0.2, -0.15) is 0 Å². The topological polar surface area (TPSA) is 21.3 Å². The Morgan fingerprint density at radius 2 is 2.06 bits per heavy atom. The molecule has 0 radical (unpaired) electrons. The molecule has 0 aliphatic heterocycles. The van der Waals surface area contributed by atoms with Gasteiger partial charge in [0.1, 0.15) is 12.4 Å². The molecule has 3 heteroatoms. The van der Waals surface area contributed by atoms with Crippen molar-refractivity contribution in [3.8, 4) is 5.75 Å². The number of nitrogens with one attached hydrogen (secondary N) is 1. The third kappa shape index (κ3) is 4.57. The van der Waals surface area contributed by atoms with Gasteiger partial charge in [0.25, 0.3) is 0 Å². The van der Waals surface area contributed by atoms with Gasteiger partial charge in [0.05, 0.1) is 0 Å². The van der Waals surface area contributed by atoms with Crippen LogP contribution in [0.5, 0.6) is 5.75 Å². The molecule has 1 aromatic rings. The number of hydrogen-bond donors (Lipinski definition) is 1. The van der Waals surface area contributed by atoms with Crippen molar-refractivity contribution in [2.45, 2.75) is 24.6 Å². The molecular formula is C14H20ClNO. The predicted octanol–water partition coefficient (Wildman–Crippen LogP) is 3.06. The average Bonchev–Trinajstić information content (AvgIpc) is 2.76. The van der Waals surface area contributed by atoms with E-state index < -0.39 is 0 Å². The molecule has 1 saturated carbocycles. The smallest absolute Gasteiger partial charge is 0.119 e. The normalized spacial score (nSPS) is 23.8. The van der Waals surface area contributed by atoms with Gasteiger partial charge in [-0.25, -0.2) is 0 Å². The lowest BCUT2D eigenvalue weighted by Gasteiger charge is -2.11. The zero-order chi connectivity index (χ0) is 11.9. The molecule has 0 bridgehead atoms. The molecule has 0 saturated heterocycles. The molecule has 2 atom stereocenters. The minimum atomic E-state index is 0.405. The van der Waals surface area contributed by atoms with Crippen LogP contribution >= 0.6 is 11.6 Å². The molecule has 2 rings (SSSR count). The lowest BCUT2D eigenvalue weighted by Crippen LogP contribution is -2.26. The van der Waals surface area contributed by atoms with Gasteiger partial charge < -0.3 is 10.1 Å². The lowest BCUT2D eigenvalue weighted by molar-refractivity contribution is 0.309. The number of hydrogen-bond acceptors (Lipinski definition) is 2. The van der Waals surface area contributed by atoms with Crippen molar-refractivity contribution < 1.29 is 4.74 Å². The van der Waals surface area contributed by atoms with Crippen LogP contribution in [0.4, 0.5) is 0 Å². The predicted molar refractivity (Wildman–Crippen MR) is 71.8 cm³/mol. The molecule has 94 valence electrons. The van der Waals surface area contributed by atoms with E-state index in [1.54, 1.807) is 0 Å². The fourth-order valence-electron chi connectivity index (χ4n) is 2.26. The van der Waals surface area contributed by atoms with Crippen molar-refractivity contribution in [1.82, 2.24) is 5.32 Å². The molecule has 2 nitrogen and oxygen atoms in total. The van der Waals surface area contributed by atoms with Crippen LogP contribution in [0.25, 0.3) is 0 Å². The first-order valence-corrected chi connectivity index (χ1v) is 6.81. The summed E-state index contributed by atoms with van der Waals surface area (Å²) in [7, 11) is 0. The second kappa shape index (κ2) is 6.87. The first-order valence-electron chi connectivity index (χ1n) is 6.37. The molecule has 0 spiro atoms. The summed E-state index contributed by atoms with van der Waals surface area (Å²) in [6, 6.07) is 9.93. The van der Waals surface area contributed by atoms with Gasteiger partial charge in [0.15, 0.2) is 0 Å². The van der Waals surface area contributed by atoms with Gasteiger partial charge in [-0.15, -0.1) is 11.6 Å². The number of rotatable bonds is 6. The number of benzene rings is 1. The monoisotopic (exact) mass is 253 g/mol. The largest absolute Gasteiger partial charge is 0.492 e. The van der Waals surface area contributed by atoms with E-state index in [-0.39, 0.29) is 0 Å². The van der Waals surface area contributed by atoms with Crippen LogP contribution in [0.1, 0.15) is 19.3 Å². The Bertz CT molecular complexity index is 317. The van der Waals surface area contributed by atoms with E-state index in [9.17, 15) is 0 Å². The van der Waals surface area contributed by atoms with Crippen LogP contribution in [-0.4, -0.2) is 25.1 Å². The number of alkyl halides is 1. The second-order valence-corrected chi connectivity index (χ2v) is 5.26. The number of halogens is 1. The van der Waals surface area contributed by atoms with Crippen LogP contribution in [-0.2, 0) is 0 Å². The minimum absolute atomic E-state index is 0.405. The molecule has 1 aromatic carbocycles. The Kier molecular flexibility index (Phi) is 5.14. The van der Waals surface area contributed by atoms with E-state index in [1.807, 2.05) is 30.3 Å². The van der Waals surface area contributed by atoms with Crippen molar-refractivity contribution in [1.29, 1.82) is 0 Å². The maximum atomic E-state index is 6.07. The Labute approximate surface area is 108 Å². The van der Waals surface area contributed by atoms with E-state index in [0.29, 0.717) is 5.38 Å². The summed E-state index contributed by atoms with van der Waals surface area (Å²) in [6.45, 7) is 2.70. The Hall–Kier alpha value is -0.730. The van der Waals surface area contributed by atoms with E-state index in [0.717, 1.165) is 37.8 Å². The van der Waals surface area contributed by atoms with Gasteiger partial charge >= 0.3 is 0 Å². The highest BCUT2D eigenvalue weighted by molar-refractivity contribution is 6.20. The number of ether oxygens (including phenoxy) is 1. The summed E-state index contributed by atoms with van der Waals surface area (Å²) in [6.07, 6.45) is 3.60. The summed E-state index contributed by atoms with van der Waals surface area (Å²) >= 11 is 6.07. The Morgan fingerprint density at radius 1 is 1.24 bits per heavy atom.